The Morgan fingerprint density at radius 3 is 2.45 bits per heavy atom. The third-order valence-corrected chi connectivity index (χ3v) is 3.85. The number of halogens is 2. The van der Waals surface area contributed by atoms with Crippen LogP contribution >= 0.6 is 15.9 Å². The monoisotopic (exact) mass is 336 g/mol. The van der Waals surface area contributed by atoms with Crippen LogP contribution in [0.15, 0.2) is 46.9 Å². The summed E-state index contributed by atoms with van der Waals surface area (Å²) in [6.45, 7) is 4.75. The van der Waals surface area contributed by atoms with Crippen LogP contribution in [0.4, 0.5) is 4.39 Å². The normalized spacial score (nSPS) is 12.2. The number of hydrogen-bond acceptors (Lipinski definition) is 1. The summed E-state index contributed by atoms with van der Waals surface area (Å²) in [6.07, 6.45) is 1.12. The SMILES string of the molecule is CCC(C)c1ccc(OCc2cc(F)cc(Br)c2)cc1. The highest BCUT2D eigenvalue weighted by Gasteiger charge is 2.04. The molecule has 3 heteroatoms. The molecule has 1 atom stereocenters. The van der Waals surface area contributed by atoms with Gasteiger partial charge in [0.2, 0.25) is 0 Å². The van der Waals surface area contributed by atoms with Gasteiger partial charge in [0.05, 0.1) is 0 Å². The highest BCUT2D eigenvalue weighted by atomic mass is 79.9. The minimum absolute atomic E-state index is 0.259. The van der Waals surface area contributed by atoms with Crippen LogP contribution in [0.3, 0.4) is 0 Å². The van der Waals surface area contributed by atoms with E-state index in [0.29, 0.717) is 12.5 Å². The summed E-state index contributed by atoms with van der Waals surface area (Å²) in [4.78, 5) is 0. The van der Waals surface area contributed by atoms with E-state index in [4.69, 9.17) is 4.74 Å². The third kappa shape index (κ3) is 4.07. The Morgan fingerprint density at radius 2 is 1.85 bits per heavy atom. The van der Waals surface area contributed by atoms with E-state index < -0.39 is 0 Å². The Kier molecular flexibility index (Phi) is 5.18. The van der Waals surface area contributed by atoms with E-state index >= 15 is 0 Å². The topological polar surface area (TPSA) is 9.23 Å². The zero-order valence-corrected chi connectivity index (χ0v) is 13.3. The first-order valence-electron chi connectivity index (χ1n) is 6.76. The molecule has 1 nitrogen and oxygen atoms in total. The molecule has 1 unspecified atom stereocenters. The molecule has 0 amide bonds. The van der Waals surface area contributed by atoms with Crippen LogP contribution in [-0.2, 0) is 6.61 Å². The molecule has 0 heterocycles. The van der Waals surface area contributed by atoms with Gasteiger partial charge in [-0.2, -0.15) is 0 Å². The predicted molar refractivity (Wildman–Crippen MR) is 83.6 cm³/mol. The van der Waals surface area contributed by atoms with E-state index in [1.54, 1.807) is 0 Å². The van der Waals surface area contributed by atoms with E-state index in [1.165, 1.54) is 17.7 Å². The minimum Gasteiger partial charge on any atom is -0.489 e. The molecule has 0 aliphatic carbocycles. The number of ether oxygens (including phenoxy) is 1. The zero-order valence-electron chi connectivity index (χ0n) is 11.7. The largest absolute Gasteiger partial charge is 0.489 e. The van der Waals surface area contributed by atoms with E-state index in [9.17, 15) is 4.39 Å². The number of hydrogen-bond donors (Lipinski definition) is 0. The van der Waals surface area contributed by atoms with Crippen LogP contribution in [0.1, 0.15) is 37.3 Å². The first-order valence-corrected chi connectivity index (χ1v) is 7.55. The molecule has 0 bridgehead atoms. The van der Waals surface area contributed by atoms with Crippen LogP contribution in [0.5, 0.6) is 5.75 Å². The molecule has 0 N–H and O–H groups in total. The van der Waals surface area contributed by atoms with E-state index in [0.717, 1.165) is 22.2 Å². The maximum atomic E-state index is 13.2. The zero-order chi connectivity index (χ0) is 14.5. The Balaban J connectivity index is 2.00. The molecule has 0 saturated carbocycles. The summed E-state index contributed by atoms with van der Waals surface area (Å²) in [6, 6.07) is 12.9. The maximum Gasteiger partial charge on any atom is 0.124 e. The fourth-order valence-electron chi connectivity index (χ4n) is 1.99. The standard InChI is InChI=1S/C17H18BrFO/c1-3-12(2)14-4-6-17(7-5-14)20-11-13-8-15(18)10-16(19)9-13/h4-10,12H,3,11H2,1-2H3. The van der Waals surface area contributed by atoms with Crippen molar-refractivity contribution < 1.29 is 9.13 Å². The van der Waals surface area contributed by atoms with Gasteiger partial charge in [-0.05, 0) is 53.8 Å². The summed E-state index contributed by atoms with van der Waals surface area (Å²) in [7, 11) is 0. The lowest BCUT2D eigenvalue weighted by atomic mass is 9.99. The summed E-state index contributed by atoms with van der Waals surface area (Å²) in [5.41, 5.74) is 2.12. The lowest BCUT2D eigenvalue weighted by molar-refractivity contribution is 0.305. The number of benzene rings is 2. The molecule has 106 valence electrons. The van der Waals surface area contributed by atoms with Crippen molar-refractivity contribution in [2.75, 3.05) is 0 Å². The number of rotatable bonds is 5. The van der Waals surface area contributed by atoms with Crippen molar-refractivity contribution in [1.82, 2.24) is 0 Å². The quantitative estimate of drug-likeness (QED) is 0.682. The van der Waals surface area contributed by atoms with Gasteiger partial charge >= 0.3 is 0 Å². The second kappa shape index (κ2) is 6.89. The molecule has 0 spiro atoms. The van der Waals surface area contributed by atoms with Gasteiger partial charge in [-0.3, -0.25) is 0 Å². The molecule has 0 aliphatic rings. The van der Waals surface area contributed by atoms with E-state index in [2.05, 4.69) is 41.9 Å². The van der Waals surface area contributed by atoms with Gasteiger partial charge in [0.15, 0.2) is 0 Å². The third-order valence-electron chi connectivity index (χ3n) is 3.39. The van der Waals surface area contributed by atoms with Crippen molar-refractivity contribution in [3.63, 3.8) is 0 Å². The van der Waals surface area contributed by atoms with Crippen molar-refractivity contribution in [1.29, 1.82) is 0 Å². The predicted octanol–water partition coefficient (Wildman–Crippen LogP) is 5.68. The van der Waals surface area contributed by atoms with Crippen molar-refractivity contribution in [3.8, 4) is 5.75 Å². The average Bonchev–Trinajstić information content (AvgIpc) is 2.44. The van der Waals surface area contributed by atoms with E-state index in [1.807, 2.05) is 18.2 Å². The first kappa shape index (κ1) is 15.0. The fourth-order valence-corrected chi connectivity index (χ4v) is 2.50. The Labute approximate surface area is 127 Å². The van der Waals surface area contributed by atoms with Gasteiger partial charge < -0.3 is 4.74 Å². The second-order valence-corrected chi connectivity index (χ2v) is 5.86. The summed E-state index contributed by atoms with van der Waals surface area (Å²) >= 11 is 3.28. The fraction of sp³-hybridized carbons (Fsp3) is 0.294. The first-order chi connectivity index (χ1) is 9.58. The van der Waals surface area contributed by atoms with Crippen molar-refractivity contribution in [2.24, 2.45) is 0 Å². The van der Waals surface area contributed by atoms with Crippen molar-refractivity contribution in [3.05, 3.63) is 63.9 Å². The van der Waals surface area contributed by atoms with Gasteiger partial charge in [0.25, 0.3) is 0 Å². The van der Waals surface area contributed by atoms with Crippen LogP contribution in [0, 0.1) is 5.82 Å². The molecule has 0 aromatic heterocycles. The van der Waals surface area contributed by atoms with Gasteiger partial charge in [0, 0.05) is 4.47 Å². The second-order valence-electron chi connectivity index (χ2n) is 4.94. The van der Waals surface area contributed by atoms with Crippen molar-refractivity contribution >= 4 is 15.9 Å². The molecule has 2 aromatic carbocycles. The summed E-state index contributed by atoms with van der Waals surface area (Å²) in [5, 5.41) is 0. The van der Waals surface area contributed by atoms with Gasteiger partial charge in [0.1, 0.15) is 18.2 Å². The van der Waals surface area contributed by atoms with Gasteiger partial charge in [-0.25, -0.2) is 4.39 Å². The van der Waals surface area contributed by atoms with Crippen LogP contribution in [-0.4, -0.2) is 0 Å². The average molecular weight is 337 g/mol. The molecule has 0 aliphatic heterocycles. The molecule has 0 radical (unpaired) electrons. The lowest BCUT2D eigenvalue weighted by Crippen LogP contribution is -1.97. The Hall–Kier alpha value is -1.35. The molecule has 2 aromatic rings. The Morgan fingerprint density at radius 1 is 1.15 bits per heavy atom. The van der Waals surface area contributed by atoms with Crippen LogP contribution < -0.4 is 4.74 Å². The molecular formula is C17H18BrFO. The van der Waals surface area contributed by atoms with Gasteiger partial charge in [-0.1, -0.05) is 41.9 Å². The van der Waals surface area contributed by atoms with E-state index in [-0.39, 0.29) is 5.82 Å². The van der Waals surface area contributed by atoms with Crippen molar-refractivity contribution in [2.45, 2.75) is 32.8 Å². The summed E-state index contributed by atoms with van der Waals surface area (Å²) < 4.78 is 19.7. The summed E-state index contributed by atoms with van der Waals surface area (Å²) in [5.74, 6) is 1.10. The molecule has 0 fully saturated rings. The highest BCUT2D eigenvalue weighted by Crippen LogP contribution is 2.22. The minimum atomic E-state index is -0.259. The Bertz CT molecular complexity index is 545. The highest BCUT2D eigenvalue weighted by molar-refractivity contribution is 9.10. The van der Waals surface area contributed by atoms with Crippen LogP contribution in [0.2, 0.25) is 0 Å². The molecule has 2 rings (SSSR count). The van der Waals surface area contributed by atoms with Gasteiger partial charge in [-0.15, -0.1) is 0 Å². The van der Waals surface area contributed by atoms with Crippen LogP contribution in [0.25, 0.3) is 0 Å². The molecule has 0 saturated heterocycles. The molecular weight excluding hydrogens is 319 g/mol. The molecule has 20 heavy (non-hydrogen) atoms. The smallest absolute Gasteiger partial charge is 0.124 e. The maximum absolute atomic E-state index is 13.2. The lowest BCUT2D eigenvalue weighted by Gasteiger charge is -2.11.